The minimum absolute atomic E-state index is 0.00940. The van der Waals surface area contributed by atoms with Crippen molar-refractivity contribution in [3.63, 3.8) is 0 Å². The number of carbonyl (C=O) groups is 2. The van der Waals surface area contributed by atoms with Crippen LogP contribution in [-0.2, 0) is 16.6 Å². The molecule has 1 heterocycles. The average molecular weight is 484 g/mol. The number of anilines is 1. The molecule has 2 aromatic carbocycles. The predicted octanol–water partition coefficient (Wildman–Crippen LogP) is 6.08. The van der Waals surface area contributed by atoms with Gasteiger partial charge < -0.3 is 10.6 Å². The van der Waals surface area contributed by atoms with Crippen LogP contribution in [0.3, 0.4) is 0 Å². The minimum Gasteiger partial charge on any atom is -0.340 e. The van der Waals surface area contributed by atoms with Crippen LogP contribution in [-0.4, -0.2) is 22.8 Å². The molecule has 0 spiro atoms. The second kappa shape index (κ2) is 10.5. The Morgan fingerprint density at radius 3 is 2.24 bits per heavy atom. The number of nitrogens with one attached hydrogen (secondary N) is 2. The minimum atomic E-state index is -0.677. The molecule has 7 heteroatoms. The van der Waals surface area contributed by atoms with Gasteiger partial charge in [-0.25, -0.2) is 4.98 Å². The van der Waals surface area contributed by atoms with E-state index in [-0.39, 0.29) is 23.1 Å². The lowest BCUT2D eigenvalue weighted by molar-refractivity contribution is -0.118. The van der Waals surface area contributed by atoms with Crippen molar-refractivity contribution in [1.82, 2.24) is 10.3 Å². The third-order valence-corrected chi connectivity index (χ3v) is 6.49. The van der Waals surface area contributed by atoms with Gasteiger partial charge in [-0.15, -0.1) is 11.3 Å². The van der Waals surface area contributed by atoms with Crippen molar-refractivity contribution < 1.29 is 9.59 Å². The Balaban J connectivity index is 1.63. The van der Waals surface area contributed by atoms with Crippen LogP contribution in [0.2, 0.25) is 5.02 Å². The first-order valence-corrected chi connectivity index (χ1v) is 12.1. The molecule has 2 amide bonds. The summed E-state index contributed by atoms with van der Waals surface area (Å²) in [6.45, 7) is 10.2. The standard InChI is InChI=1S/C26H30ClN3O2S/c1-16(2)22(29-23(31)18-8-10-19(11-9-18)26(3,4)5)24(32)30-25-28-15-21(33-25)14-17-6-12-20(27)13-7-17/h6-13,15-16,22H,14H2,1-5H3,(H,29,31)(H,28,30,32). The largest absolute Gasteiger partial charge is 0.340 e. The molecule has 3 aromatic rings. The Kier molecular flexibility index (Phi) is 7.92. The van der Waals surface area contributed by atoms with Crippen LogP contribution in [0.5, 0.6) is 0 Å². The van der Waals surface area contributed by atoms with Gasteiger partial charge in [0, 0.05) is 28.1 Å². The van der Waals surface area contributed by atoms with E-state index in [1.807, 2.05) is 50.2 Å². The molecule has 5 nitrogen and oxygen atoms in total. The van der Waals surface area contributed by atoms with E-state index >= 15 is 0 Å². The molecular formula is C26H30ClN3O2S. The Labute approximate surface area is 204 Å². The summed E-state index contributed by atoms with van der Waals surface area (Å²) >= 11 is 7.36. The van der Waals surface area contributed by atoms with E-state index < -0.39 is 6.04 Å². The quantitative estimate of drug-likeness (QED) is 0.428. The molecular weight excluding hydrogens is 454 g/mol. The molecule has 0 aliphatic rings. The zero-order chi connectivity index (χ0) is 24.2. The first-order chi connectivity index (χ1) is 15.5. The van der Waals surface area contributed by atoms with Gasteiger partial charge >= 0.3 is 0 Å². The van der Waals surface area contributed by atoms with Gasteiger partial charge in [-0.2, -0.15) is 0 Å². The van der Waals surface area contributed by atoms with Crippen LogP contribution in [0, 0.1) is 5.92 Å². The van der Waals surface area contributed by atoms with Crippen molar-refractivity contribution in [2.75, 3.05) is 5.32 Å². The van der Waals surface area contributed by atoms with E-state index in [1.54, 1.807) is 18.3 Å². The maximum Gasteiger partial charge on any atom is 0.251 e. The van der Waals surface area contributed by atoms with Gasteiger partial charge in [0.25, 0.3) is 5.91 Å². The third kappa shape index (κ3) is 6.89. The SMILES string of the molecule is CC(C)C(NC(=O)c1ccc(C(C)(C)C)cc1)C(=O)Nc1ncc(Cc2ccc(Cl)cc2)s1. The Morgan fingerprint density at radius 1 is 1.03 bits per heavy atom. The maximum atomic E-state index is 12.9. The zero-order valence-corrected chi connectivity index (χ0v) is 21.2. The topological polar surface area (TPSA) is 71.1 Å². The predicted molar refractivity (Wildman–Crippen MR) is 136 cm³/mol. The molecule has 2 N–H and O–H groups in total. The fourth-order valence-electron chi connectivity index (χ4n) is 3.31. The number of rotatable bonds is 7. The Hall–Kier alpha value is -2.70. The van der Waals surface area contributed by atoms with E-state index in [9.17, 15) is 9.59 Å². The van der Waals surface area contributed by atoms with Crippen LogP contribution in [0.1, 0.15) is 61.0 Å². The lowest BCUT2D eigenvalue weighted by atomic mass is 9.86. The first kappa shape index (κ1) is 24.9. The molecule has 1 unspecified atom stereocenters. The van der Waals surface area contributed by atoms with Crippen molar-refractivity contribution in [3.05, 3.63) is 81.3 Å². The number of carbonyl (C=O) groups excluding carboxylic acids is 2. The van der Waals surface area contributed by atoms with Gasteiger partial charge in [0.1, 0.15) is 6.04 Å². The number of aromatic nitrogens is 1. The molecule has 0 bridgehead atoms. The number of amides is 2. The average Bonchev–Trinajstić information content (AvgIpc) is 3.19. The van der Waals surface area contributed by atoms with Crippen molar-refractivity contribution in [2.45, 2.75) is 52.5 Å². The fraction of sp³-hybridized carbons (Fsp3) is 0.346. The third-order valence-electron chi connectivity index (χ3n) is 5.32. The zero-order valence-electron chi connectivity index (χ0n) is 19.6. The van der Waals surface area contributed by atoms with E-state index in [1.165, 1.54) is 11.3 Å². The summed E-state index contributed by atoms with van der Waals surface area (Å²) in [4.78, 5) is 31.1. The summed E-state index contributed by atoms with van der Waals surface area (Å²) in [5, 5.41) is 6.94. The molecule has 1 aromatic heterocycles. The molecule has 3 rings (SSSR count). The van der Waals surface area contributed by atoms with Gasteiger partial charge in [-0.3, -0.25) is 9.59 Å². The fourth-order valence-corrected chi connectivity index (χ4v) is 4.29. The van der Waals surface area contributed by atoms with Crippen molar-refractivity contribution in [1.29, 1.82) is 0 Å². The van der Waals surface area contributed by atoms with E-state index in [4.69, 9.17) is 11.6 Å². The van der Waals surface area contributed by atoms with Crippen molar-refractivity contribution >= 4 is 39.9 Å². The summed E-state index contributed by atoms with van der Waals surface area (Å²) < 4.78 is 0. The Bertz CT molecular complexity index is 1100. The number of hydrogen-bond acceptors (Lipinski definition) is 4. The molecule has 174 valence electrons. The van der Waals surface area contributed by atoms with E-state index in [2.05, 4.69) is 36.4 Å². The second-order valence-electron chi connectivity index (χ2n) is 9.45. The molecule has 0 radical (unpaired) electrons. The van der Waals surface area contributed by atoms with Gasteiger partial charge in [0.05, 0.1) is 0 Å². The summed E-state index contributed by atoms with van der Waals surface area (Å²) in [6, 6.07) is 14.5. The first-order valence-electron chi connectivity index (χ1n) is 10.9. The van der Waals surface area contributed by atoms with Gasteiger partial charge in [0.15, 0.2) is 5.13 Å². The van der Waals surface area contributed by atoms with Crippen LogP contribution >= 0.6 is 22.9 Å². The number of thiazole rings is 1. The highest BCUT2D eigenvalue weighted by Gasteiger charge is 2.26. The molecule has 0 saturated carbocycles. The molecule has 0 fully saturated rings. The van der Waals surface area contributed by atoms with Gasteiger partial charge in [-0.1, -0.05) is 70.5 Å². The number of nitrogens with zero attached hydrogens (tertiary/aromatic N) is 1. The summed E-state index contributed by atoms with van der Waals surface area (Å²) in [6.07, 6.45) is 2.47. The van der Waals surface area contributed by atoms with Gasteiger partial charge in [0.2, 0.25) is 5.91 Å². The van der Waals surface area contributed by atoms with Crippen LogP contribution < -0.4 is 10.6 Å². The number of hydrogen-bond donors (Lipinski definition) is 2. The normalized spacial score (nSPS) is 12.5. The lowest BCUT2D eigenvalue weighted by Crippen LogP contribution is -2.47. The highest BCUT2D eigenvalue weighted by Crippen LogP contribution is 2.24. The van der Waals surface area contributed by atoms with Crippen LogP contribution in [0.15, 0.2) is 54.7 Å². The smallest absolute Gasteiger partial charge is 0.251 e. The molecule has 0 aliphatic heterocycles. The highest BCUT2D eigenvalue weighted by molar-refractivity contribution is 7.15. The summed E-state index contributed by atoms with van der Waals surface area (Å²) in [5.41, 5.74) is 2.80. The number of benzene rings is 2. The molecule has 33 heavy (non-hydrogen) atoms. The molecule has 0 saturated heterocycles. The van der Waals surface area contributed by atoms with Crippen LogP contribution in [0.25, 0.3) is 0 Å². The second-order valence-corrected chi connectivity index (χ2v) is 11.0. The van der Waals surface area contributed by atoms with Crippen molar-refractivity contribution in [2.24, 2.45) is 5.92 Å². The summed E-state index contributed by atoms with van der Waals surface area (Å²) in [7, 11) is 0. The monoisotopic (exact) mass is 483 g/mol. The van der Waals surface area contributed by atoms with E-state index in [0.717, 1.165) is 16.0 Å². The maximum absolute atomic E-state index is 12.9. The molecule has 0 aliphatic carbocycles. The summed E-state index contributed by atoms with van der Waals surface area (Å²) in [5.74, 6) is -0.639. The number of halogens is 1. The Morgan fingerprint density at radius 2 is 1.67 bits per heavy atom. The van der Waals surface area contributed by atoms with E-state index in [0.29, 0.717) is 22.1 Å². The van der Waals surface area contributed by atoms with Gasteiger partial charge in [-0.05, 0) is 46.7 Å². The lowest BCUT2D eigenvalue weighted by Gasteiger charge is -2.22. The van der Waals surface area contributed by atoms with Crippen molar-refractivity contribution in [3.8, 4) is 0 Å². The van der Waals surface area contributed by atoms with Crippen LogP contribution in [0.4, 0.5) is 5.13 Å². The molecule has 1 atom stereocenters. The highest BCUT2D eigenvalue weighted by atomic mass is 35.5.